The number of ketones is 1. The third kappa shape index (κ3) is 4.29. The smallest absolute Gasteiger partial charge is 0.261 e. The molecule has 34 heavy (non-hydrogen) atoms. The molecule has 5 nitrogen and oxygen atoms in total. The summed E-state index contributed by atoms with van der Waals surface area (Å²) in [4.78, 5) is 31.7. The maximum Gasteiger partial charge on any atom is 0.261 e. The Kier molecular flexibility index (Phi) is 6.07. The van der Waals surface area contributed by atoms with Crippen LogP contribution in [0.3, 0.4) is 0 Å². The number of nitrogens with one attached hydrogen (secondary N) is 1. The van der Waals surface area contributed by atoms with Gasteiger partial charge in [-0.1, -0.05) is 24.3 Å². The first-order valence-electron chi connectivity index (χ1n) is 11.6. The lowest BCUT2D eigenvalue weighted by Crippen LogP contribution is -2.35. The first-order chi connectivity index (χ1) is 16.5. The minimum atomic E-state index is -0.400. The zero-order chi connectivity index (χ0) is 23.7. The molecule has 0 spiro atoms. The van der Waals surface area contributed by atoms with Crippen LogP contribution in [-0.2, 0) is 6.54 Å². The lowest BCUT2D eigenvalue weighted by Gasteiger charge is -2.25. The second kappa shape index (κ2) is 9.31. The van der Waals surface area contributed by atoms with Crippen LogP contribution in [0.5, 0.6) is 0 Å². The van der Waals surface area contributed by atoms with Crippen LogP contribution in [0.15, 0.2) is 71.5 Å². The van der Waals surface area contributed by atoms with E-state index in [0.717, 1.165) is 37.1 Å². The van der Waals surface area contributed by atoms with E-state index in [1.807, 2.05) is 31.2 Å². The Balaban J connectivity index is 1.65. The molecule has 1 aliphatic rings. The fraction of sp³-hybridized carbons (Fsp3) is 0.250. The van der Waals surface area contributed by atoms with Crippen molar-refractivity contribution in [2.45, 2.75) is 26.3 Å². The minimum Gasteiger partial charge on any atom is -0.316 e. The van der Waals surface area contributed by atoms with Crippen LogP contribution in [0.25, 0.3) is 22.3 Å². The van der Waals surface area contributed by atoms with Crippen molar-refractivity contribution in [3.63, 3.8) is 0 Å². The number of benzene rings is 3. The zero-order valence-corrected chi connectivity index (χ0v) is 19.1. The third-order valence-corrected chi connectivity index (χ3v) is 6.55. The molecule has 0 unspecified atom stereocenters. The predicted octanol–water partition coefficient (Wildman–Crippen LogP) is 4.74. The Morgan fingerprint density at radius 3 is 2.59 bits per heavy atom. The van der Waals surface area contributed by atoms with Crippen LogP contribution in [0, 0.1) is 18.7 Å². The zero-order valence-electron chi connectivity index (χ0n) is 19.1. The summed E-state index contributed by atoms with van der Waals surface area (Å²) >= 11 is 0. The van der Waals surface area contributed by atoms with Crippen molar-refractivity contribution in [3.05, 3.63) is 99.6 Å². The van der Waals surface area contributed by atoms with Gasteiger partial charge in [-0.3, -0.25) is 14.2 Å². The highest BCUT2D eigenvalue weighted by Gasteiger charge is 2.21. The second-order valence-corrected chi connectivity index (χ2v) is 8.95. The summed E-state index contributed by atoms with van der Waals surface area (Å²) in [5.41, 5.74) is 3.13. The molecule has 2 heterocycles. The number of hydrogen-bond donors (Lipinski definition) is 1. The Bertz CT molecular complexity index is 1420. The normalized spacial score (nSPS) is 16.0. The lowest BCUT2D eigenvalue weighted by atomic mass is 9.98. The van der Waals surface area contributed by atoms with E-state index in [9.17, 15) is 14.0 Å². The number of nitrogens with zero attached hydrogens (tertiary/aromatic N) is 2. The van der Waals surface area contributed by atoms with Gasteiger partial charge in [0, 0.05) is 23.2 Å². The Morgan fingerprint density at radius 1 is 1.09 bits per heavy atom. The molecule has 0 amide bonds. The van der Waals surface area contributed by atoms with Gasteiger partial charge in [-0.2, -0.15) is 0 Å². The van der Waals surface area contributed by atoms with Crippen molar-refractivity contribution >= 4 is 16.7 Å². The van der Waals surface area contributed by atoms with Gasteiger partial charge in [-0.05, 0) is 86.8 Å². The number of aromatic nitrogens is 2. The molecule has 172 valence electrons. The van der Waals surface area contributed by atoms with Crippen LogP contribution < -0.4 is 10.9 Å². The fourth-order valence-electron chi connectivity index (χ4n) is 4.67. The Morgan fingerprint density at radius 2 is 1.85 bits per heavy atom. The summed E-state index contributed by atoms with van der Waals surface area (Å²) in [6.07, 6.45) is 2.13. The summed E-state index contributed by atoms with van der Waals surface area (Å²) < 4.78 is 15.1. The van der Waals surface area contributed by atoms with Crippen LogP contribution in [0.2, 0.25) is 0 Å². The number of rotatable bonds is 5. The molecule has 0 saturated carbocycles. The largest absolute Gasteiger partial charge is 0.316 e. The molecule has 1 N–H and O–H groups in total. The summed E-state index contributed by atoms with van der Waals surface area (Å²) in [6.45, 7) is 4.44. The first kappa shape index (κ1) is 22.2. The van der Waals surface area contributed by atoms with Crippen molar-refractivity contribution in [2.24, 2.45) is 5.92 Å². The van der Waals surface area contributed by atoms with Gasteiger partial charge in [0.05, 0.1) is 10.9 Å². The number of halogens is 1. The van der Waals surface area contributed by atoms with E-state index >= 15 is 0 Å². The van der Waals surface area contributed by atoms with Crippen LogP contribution in [0.4, 0.5) is 4.39 Å². The topological polar surface area (TPSA) is 64.0 Å². The molecule has 0 bridgehead atoms. The highest BCUT2D eigenvalue weighted by Crippen LogP contribution is 2.25. The fourth-order valence-corrected chi connectivity index (χ4v) is 4.67. The molecule has 1 saturated heterocycles. The van der Waals surface area contributed by atoms with E-state index in [-0.39, 0.29) is 11.3 Å². The van der Waals surface area contributed by atoms with Crippen molar-refractivity contribution < 1.29 is 9.18 Å². The third-order valence-electron chi connectivity index (χ3n) is 6.55. The standard InChI is InChI=1S/C28H26FN3O2/c1-18-5-2-3-7-23(18)27-31-25-13-10-21(26(33)20-8-11-22(29)12-9-20)15-24(25)28(34)32(27)17-19-6-4-14-30-16-19/h2-3,5,7-13,15,19,30H,4,6,14,16-17H2,1H3/t19-/m0/s1. The van der Waals surface area contributed by atoms with E-state index < -0.39 is 5.82 Å². The molecule has 6 heteroatoms. The Hall–Kier alpha value is -3.64. The van der Waals surface area contributed by atoms with E-state index in [1.54, 1.807) is 22.8 Å². The van der Waals surface area contributed by atoms with Gasteiger partial charge in [0.1, 0.15) is 11.6 Å². The maximum absolute atomic E-state index is 13.8. The van der Waals surface area contributed by atoms with Crippen LogP contribution >= 0.6 is 0 Å². The molecule has 4 aromatic rings. The number of aryl methyl sites for hydroxylation is 1. The molecule has 1 fully saturated rings. The Labute approximate surface area is 197 Å². The molecule has 5 rings (SSSR count). The molecular formula is C28H26FN3O2. The van der Waals surface area contributed by atoms with Crippen molar-refractivity contribution in [2.75, 3.05) is 13.1 Å². The van der Waals surface area contributed by atoms with Gasteiger partial charge in [0.15, 0.2) is 5.78 Å². The lowest BCUT2D eigenvalue weighted by molar-refractivity contribution is 0.103. The maximum atomic E-state index is 13.8. The van der Waals surface area contributed by atoms with Gasteiger partial charge in [0.2, 0.25) is 0 Å². The molecule has 1 aliphatic heterocycles. The number of piperidine rings is 1. The summed E-state index contributed by atoms with van der Waals surface area (Å²) in [5.74, 6) is 0.326. The molecule has 0 aliphatic carbocycles. The summed E-state index contributed by atoms with van der Waals surface area (Å²) in [5, 5.41) is 3.83. The molecule has 0 radical (unpaired) electrons. The minimum absolute atomic E-state index is 0.150. The summed E-state index contributed by atoms with van der Waals surface area (Å²) in [7, 11) is 0. The van der Waals surface area contributed by atoms with Crippen LogP contribution in [-0.4, -0.2) is 28.4 Å². The number of carbonyl (C=O) groups is 1. The van der Waals surface area contributed by atoms with Gasteiger partial charge in [-0.15, -0.1) is 0 Å². The number of hydrogen-bond acceptors (Lipinski definition) is 4. The number of carbonyl (C=O) groups excluding carboxylic acids is 1. The average Bonchev–Trinajstić information content (AvgIpc) is 2.86. The van der Waals surface area contributed by atoms with Crippen molar-refractivity contribution in [1.29, 1.82) is 0 Å². The molecule has 3 aromatic carbocycles. The van der Waals surface area contributed by atoms with Gasteiger partial charge >= 0.3 is 0 Å². The van der Waals surface area contributed by atoms with E-state index in [4.69, 9.17) is 4.98 Å². The van der Waals surface area contributed by atoms with E-state index in [1.165, 1.54) is 24.3 Å². The van der Waals surface area contributed by atoms with Gasteiger partial charge in [-0.25, -0.2) is 9.37 Å². The highest BCUT2D eigenvalue weighted by atomic mass is 19.1. The van der Waals surface area contributed by atoms with Crippen molar-refractivity contribution in [1.82, 2.24) is 14.9 Å². The molecule has 1 atom stereocenters. The monoisotopic (exact) mass is 455 g/mol. The average molecular weight is 456 g/mol. The van der Waals surface area contributed by atoms with Gasteiger partial charge in [0.25, 0.3) is 5.56 Å². The van der Waals surface area contributed by atoms with Gasteiger partial charge < -0.3 is 5.32 Å². The predicted molar refractivity (Wildman–Crippen MR) is 132 cm³/mol. The number of fused-ring (bicyclic) bond motifs is 1. The van der Waals surface area contributed by atoms with E-state index in [0.29, 0.717) is 40.3 Å². The quantitative estimate of drug-likeness (QED) is 0.442. The summed E-state index contributed by atoms with van der Waals surface area (Å²) in [6, 6.07) is 18.4. The molecular weight excluding hydrogens is 429 g/mol. The van der Waals surface area contributed by atoms with Crippen molar-refractivity contribution in [3.8, 4) is 11.4 Å². The highest BCUT2D eigenvalue weighted by molar-refractivity contribution is 6.10. The van der Waals surface area contributed by atoms with Crippen LogP contribution in [0.1, 0.15) is 34.3 Å². The molecule has 1 aromatic heterocycles. The second-order valence-electron chi connectivity index (χ2n) is 8.95. The first-order valence-corrected chi connectivity index (χ1v) is 11.6. The SMILES string of the molecule is Cc1ccccc1-c1nc2ccc(C(=O)c3ccc(F)cc3)cc2c(=O)n1C[C@H]1CCCNC1. The van der Waals surface area contributed by atoms with E-state index in [2.05, 4.69) is 5.32 Å².